The molecular formula is C13H24N4. The Balaban J connectivity index is 2.63. The Bertz CT molecular complexity index is 323. The van der Waals surface area contributed by atoms with E-state index < -0.39 is 0 Å². The van der Waals surface area contributed by atoms with E-state index in [1.165, 1.54) is 0 Å². The molecule has 0 spiro atoms. The van der Waals surface area contributed by atoms with Gasteiger partial charge >= 0.3 is 0 Å². The van der Waals surface area contributed by atoms with E-state index in [9.17, 15) is 0 Å². The predicted molar refractivity (Wildman–Crippen MR) is 72.9 cm³/mol. The third-order valence-corrected chi connectivity index (χ3v) is 3.24. The van der Waals surface area contributed by atoms with Gasteiger partial charge in [-0.2, -0.15) is 0 Å². The highest BCUT2D eigenvalue weighted by Crippen LogP contribution is 2.21. The maximum Gasteiger partial charge on any atom is 0.0393 e. The first-order valence-corrected chi connectivity index (χ1v) is 6.31. The minimum Gasteiger partial charge on any atom is -0.398 e. The standard InChI is InChI=1S/C13H24N4/c1-4-17(5-2)9-7-13(15-3)11-10-16-8-6-12(11)14/h6,8,10,13,15H,4-5,7,9H2,1-3H3,(H2,14,16). The van der Waals surface area contributed by atoms with Crippen LogP contribution in [0.4, 0.5) is 5.69 Å². The Morgan fingerprint density at radius 3 is 2.65 bits per heavy atom. The van der Waals surface area contributed by atoms with Crippen LogP contribution in [-0.4, -0.2) is 36.6 Å². The highest BCUT2D eigenvalue weighted by atomic mass is 15.1. The summed E-state index contributed by atoms with van der Waals surface area (Å²) < 4.78 is 0. The van der Waals surface area contributed by atoms with Crippen molar-refractivity contribution in [3.63, 3.8) is 0 Å². The third-order valence-electron chi connectivity index (χ3n) is 3.24. The molecule has 0 bridgehead atoms. The summed E-state index contributed by atoms with van der Waals surface area (Å²) in [6, 6.07) is 2.14. The van der Waals surface area contributed by atoms with Crippen molar-refractivity contribution < 1.29 is 0 Å². The summed E-state index contributed by atoms with van der Waals surface area (Å²) in [6.45, 7) is 7.64. The van der Waals surface area contributed by atoms with Gasteiger partial charge in [-0.05, 0) is 39.2 Å². The monoisotopic (exact) mass is 236 g/mol. The van der Waals surface area contributed by atoms with Crippen molar-refractivity contribution in [1.29, 1.82) is 0 Å². The Hall–Kier alpha value is -1.13. The number of hydrogen-bond donors (Lipinski definition) is 2. The van der Waals surface area contributed by atoms with Crippen LogP contribution in [0.2, 0.25) is 0 Å². The molecule has 0 aliphatic carbocycles. The Labute approximate surface area is 104 Å². The molecule has 3 N–H and O–H groups in total. The zero-order valence-electron chi connectivity index (χ0n) is 11.1. The maximum atomic E-state index is 5.97. The van der Waals surface area contributed by atoms with Gasteiger partial charge in [0.15, 0.2) is 0 Å². The van der Waals surface area contributed by atoms with Crippen molar-refractivity contribution in [2.45, 2.75) is 26.3 Å². The summed E-state index contributed by atoms with van der Waals surface area (Å²) in [5, 5.41) is 3.32. The quantitative estimate of drug-likeness (QED) is 0.756. The molecule has 0 amide bonds. The topological polar surface area (TPSA) is 54.2 Å². The van der Waals surface area contributed by atoms with Crippen LogP contribution in [0.25, 0.3) is 0 Å². The van der Waals surface area contributed by atoms with Gasteiger partial charge in [-0.25, -0.2) is 0 Å². The molecule has 0 saturated heterocycles. The van der Waals surface area contributed by atoms with E-state index in [4.69, 9.17) is 5.73 Å². The van der Waals surface area contributed by atoms with Crippen LogP contribution in [0, 0.1) is 0 Å². The van der Waals surface area contributed by atoms with E-state index in [0.717, 1.165) is 37.3 Å². The molecular weight excluding hydrogens is 212 g/mol. The van der Waals surface area contributed by atoms with Crippen molar-refractivity contribution in [3.8, 4) is 0 Å². The number of anilines is 1. The lowest BCUT2D eigenvalue weighted by atomic mass is 10.0. The Morgan fingerprint density at radius 1 is 1.41 bits per heavy atom. The molecule has 1 aromatic heterocycles. The number of rotatable bonds is 7. The van der Waals surface area contributed by atoms with Crippen LogP contribution in [0.3, 0.4) is 0 Å². The van der Waals surface area contributed by atoms with Crippen molar-refractivity contribution in [2.75, 3.05) is 32.4 Å². The van der Waals surface area contributed by atoms with Gasteiger partial charge in [0.1, 0.15) is 0 Å². The summed E-state index contributed by atoms with van der Waals surface area (Å²) in [5.41, 5.74) is 7.89. The Morgan fingerprint density at radius 2 is 2.12 bits per heavy atom. The lowest BCUT2D eigenvalue weighted by molar-refractivity contribution is 0.284. The van der Waals surface area contributed by atoms with E-state index in [0.29, 0.717) is 0 Å². The second kappa shape index (κ2) is 7.25. The summed E-state index contributed by atoms with van der Waals surface area (Å²) in [5.74, 6) is 0. The van der Waals surface area contributed by atoms with Gasteiger partial charge < -0.3 is 16.0 Å². The molecule has 0 aliphatic rings. The minimum absolute atomic E-state index is 0.282. The van der Waals surface area contributed by atoms with Crippen LogP contribution < -0.4 is 11.1 Å². The molecule has 4 nitrogen and oxygen atoms in total. The molecule has 0 fully saturated rings. The predicted octanol–water partition coefficient (Wildman–Crippen LogP) is 1.66. The molecule has 0 aliphatic heterocycles. The molecule has 0 saturated carbocycles. The number of nitrogen functional groups attached to an aromatic ring is 1. The summed E-state index contributed by atoms with van der Waals surface area (Å²) in [6.07, 6.45) is 4.64. The fraction of sp³-hybridized carbons (Fsp3) is 0.615. The summed E-state index contributed by atoms with van der Waals surface area (Å²) >= 11 is 0. The van der Waals surface area contributed by atoms with E-state index in [2.05, 4.69) is 29.0 Å². The molecule has 17 heavy (non-hydrogen) atoms. The first-order valence-electron chi connectivity index (χ1n) is 6.31. The number of nitrogens with one attached hydrogen (secondary N) is 1. The van der Waals surface area contributed by atoms with E-state index >= 15 is 0 Å². The van der Waals surface area contributed by atoms with Crippen LogP contribution in [0.1, 0.15) is 31.9 Å². The number of hydrogen-bond acceptors (Lipinski definition) is 4. The number of pyridine rings is 1. The lowest BCUT2D eigenvalue weighted by Crippen LogP contribution is -2.28. The van der Waals surface area contributed by atoms with Crippen molar-refractivity contribution in [3.05, 3.63) is 24.0 Å². The largest absolute Gasteiger partial charge is 0.398 e. The average Bonchev–Trinajstić information content (AvgIpc) is 2.36. The molecule has 1 aromatic rings. The molecule has 1 atom stereocenters. The third kappa shape index (κ3) is 3.98. The second-order valence-corrected chi connectivity index (χ2v) is 4.16. The Kier molecular flexibility index (Phi) is 5.94. The van der Waals surface area contributed by atoms with Gasteiger partial charge in [0.2, 0.25) is 0 Å². The summed E-state index contributed by atoms with van der Waals surface area (Å²) in [4.78, 5) is 6.56. The van der Waals surface area contributed by atoms with E-state index in [-0.39, 0.29) is 6.04 Å². The molecule has 1 rings (SSSR count). The second-order valence-electron chi connectivity index (χ2n) is 4.16. The summed E-state index contributed by atoms with van der Waals surface area (Å²) in [7, 11) is 1.97. The number of aromatic nitrogens is 1. The first kappa shape index (κ1) is 13.9. The lowest BCUT2D eigenvalue weighted by Gasteiger charge is -2.23. The van der Waals surface area contributed by atoms with Crippen LogP contribution in [-0.2, 0) is 0 Å². The number of nitrogens with zero attached hydrogens (tertiary/aromatic N) is 2. The van der Waals surface area contributed by atoms with Crippen molar-refractivity contribution >= 4 is 5.69 Å². The van der Waals surface area contributed by atoms with Gasteiger partial charge in [0.25, 0.3) is 0 Å². The van der Waals surface area contributed by atoms with Crippen molar-refractivity contribution in [2.24, 2.45) is 0 Å². The average molecular weight is 236 g/mol. The van der Waals surface area contributed by atoms with Gasteiger partial charge in [-0.1, -0.05) is 13.8 Å². The zero-order valence-corrected chi connectivity index (χ0v) is 11.1. The fourth-order valence-corrected chi connectivity index (χ4v) is 2.02. The molecule has 0 aromatic carbocycles. The van der Waals surface area contributed by atoms with E-state index in [1.807, 2.05) is 19.3 Å². The maximum absolute atomic E-state index is 5.97. The molecule has 1 unspecified atom stereocenters. The van der Waals surface area contributed by atoms with E-state index in [1.54, 1.807) is 6.20 Å². The molecule has 0 radical (unpaired) electrons. The molecule has 96 valence electrons. The molecule has 1 heterocycles. The highest BCUT2D eigenvalue weighted by Gasteiger charge is 2.13. The fourth-order valence-electron chi connectivity index (χ4n) is 2.02. The van der Waals surface area contributed by atoms with Gasteiger partial charge in [-0.15, -0.1) is 0 Å². The van der Waals surface area contributed by atoms with Crippen LogP contribution >= 0.6 is 0 Å². The smallest absolute Gasteiger partial charge is 0.0393 e. The zero-order chi connectivity index (χ0) is 12.7. The minimum atomic E-state index is 0.282. The van der Waals surface area contributed by atoms with Gasteiger partial charge in [0, 0.05) is 29.7 Å². The van der Waals surface area contributed by atoms with Crippen molar-refractivity contribution in [1.82, 2.24) is 15.2 Å². The normalized spacial score (nSPS) is 12.9. The van der Waals surface area contributed by atoms with Gasteiger partial charge in [0.05, 0.1) is 0 Å². The number of nitrogens with two attached hydrogens (primary N) is 1. The first-order chi connectivity index (χ1) is 8.22. The molecule has 4 heteroatoms. The van der Waals surface area contributed by atoms with Gasteiger partial charge in [-0.3, -0.25) is 4.98 Å². The van der Waals surface area contributed by atoms with Crippen LogP contribution in [0.15, 0.2) is 18.5 Å². The SMILES string of the molecule is CCN(CC)CCC(NC)c1cnccc1N. The van der Waals surface area contributed by atoms with Crippen LogP contribution in [0.5, 0.6) is 0 Å². The highest BCUT2D eigenvalue weighted by molar-refractivity contribution is 5.46.